The van der Waals surface area contributed by atoms with Gasteiger partial charge in [0.25, 0.3) is 5.69 Å². The van der Waals surface area contributed by atoms with Crippen LogP contribution in [0.1, 0.15) is 6.42 Å². The average molecular weight is 321 g/mol. The molecule has 1 unspecified atom stereocenters. The van der Waals surface area contributed by atoms with Crippen molar-refractivity contribution in [2.24, 2.45) is 0 Å². The summed E-state index contributed by atoms with van der Waals surface area (Å²) in [6.45, 7) is 1.72. The lowest BCUT2D eigenvalue weighted by Gasteiger charge is -2.33. The first-order valence-electron chi connectivity index (χ1n) is 7.14. The molecule has 1 aliphatic rings. The molecular formula is C14H17N4O5-. The summed E-state index contributed by atoms with van der Waals surface area (Å²) < 4.78 is 0. The number of non-ortho nitro benzene ring substituents is 1. The highest BCUT2D eigenvalue weighted by molar-refractivity contribution is 5.92. The second-order valence-corrected chi connectivity index (χ2v) is 5.32. The SMILES string of the molecule is O=C([O-])CC1CN(CC(=O)Nc2cccc([N+](=O)[O-])c2)CCN1. The minimum Gasteiger partial charge on any atom is -0.550 e. The summed E-state index contributed by atoms with van der Waals surface area (Å²) in [4.78, 5) is 34.6. The fraction of sp³-hybridized carbons (Fsp3) is 0.429. The number of benzene rings is 1. The van der Waals surface area contributed by atoms with Gasteiger partial charge >= 0.3 is 0 Å². The monoisotopic (exact) mass is 321 g/mol. The Balaban J connectivity index is 1.88. The Hall–Kier alpha value is -2.52. The van der Waals surface area contributed by atoms with E-state index in [9.17, 15) is 24.8 Å². The topological polar surface area (TPSA) is 128 Å². The maximum Gasteiger partial charge on any atom is 0.271 e. The molecule has 1 fully saturated rings. The second-order valence-electron chi connectivity index (χ2n) is 5.32. The molecule has 9 heteroatoms. The predicted octanol–water partition coefficient (Wildman–Crippen LogP) is -1.05. The number of amides is 1. The average Bonchev–Trinajstić information content (AvgIpc) is 2.47. The third-order valence-electron chi connectivity index (χ3n) is 3.46. The molecule has 1 saturated heterocycles. The number of nitro groups is 1. The van der Waals surface area contributed by atoms with Gasteiger partial charge in [-0.05, 0) is 6.07 Å². The number of piperazine rings is 1. The standard InChI is InChI=1S/C14H18N4O5/c19-13(16-10-2-1-3-12(6-10)18(22)23)9-17-5-4-15-11(8-17)7-14(20)21/h1-3,6,11,15H,4-5,7-9H2,(H,16,19)(H,20,21)/p-1. The van der Waals surface area contributed by atoms with E-state index in [1.807, 2.05) is 4.90 Å². The van der Waals surface area contributed by atoms with Crippen molar-refractivity contribution >= 4 is 23.3 Å². The van der Waals surface area contributed by atoms with Crippen LogP contribution >= 0.6 is 0 Å². The molecule has 23 heavy (non-hydrogen) atoms. The fourth-order valence-corrected chi connectivity index (χ4v) is 2.48. The molecule has 1 atom stereocenters. The van der Waals surface area contributed by atoms with E-state index in [-0.39, 0.29) is 30.6 Å². The zero-order valence-electron chi connectivity index (χ0n) is 12.4. The van der Waals surface area contributed by atoms with E-state index in [2.05, 4.69) is 10.6 Å². The molecule has 1 aromatic rings. The van der Waals surface area contributed by atoms with Crippen LogP contribution in [0, 0.1) is 10.1 Å². The Labute approximate surface area is 132 Å². The first-order chi connectivity index (χ1) is 10.9. The first-order valence-corrected chi connectivity index (χ1v) is 7.14. The highest BCUT2D eigenvalue weighted by Crippen LogP contribution is 2.17. The van der Waals surface area contributed by atoms with E-state index in [1.54, 1.807) is 6.07 Å². The van der Waals surface area contributed by atoms with Gasteiger partial charge in [-0.25, -0.2) is 0 Å². The zero-order chi connectivity index (χ0) is 16.8. The van der Waals surface area contributed by atoms with Gasteiger partial charge in [0.05, 0.1) is 11.5 Å². The number of nitro benzene ring substituents is 1. The number of nitrogens with one attached hydrogen (secondary N) is 2. The number of anilines is 1. The molecule has 0 bridgehead atoms. The van der Waals surface area contributed by atoms with Gasteiger partial charge in [-0.2, -0.15) is 0 Å². The van der Waals surface area contributed by atoms with Gasteiger partial charge in [0.1, 0.15) is 0 Å². The number of hydrogen-bond donors (Lipinski definition) is 2. The minimum absolute atomic E-state index is 0.0912. The van der Waals surface area contributed by atoms with Crippen LogP contribution in [-0.4, -0.2) is 53.9 Å². The Morgan fingerprint density at radius 1 is 1.43 bits per heavy atom. The largest absolute Gasteiger partial charge is 0.550 e. The number of carbonyl (C=O) groups excluding carboxylic acids is 2. The van der Waals surface area contributed by atoms with Crippen LogP contribution in [0.4, 0.5) is 11.4 Å². The Bertz CT molecular complexity index is 607. The van der Waals surface area contributed by atoms with Gasteiger partial charge < -0.3 is 20.5 Å². The van der Waals surface area contributed by atoms with Crippen LogP contribution in [0.2, 0.25) is 0 Å². The summed E-state index contributed by atoms with van der Waals surface area (Å²) in [5, 5.41) is 27.0. The van der Waals surface area contributed by atoms with E-state index in [0.717, 1.165) is 0 Å². The summed E-state index contributed by atoms with van der Waals surface area (Å²) in [5.41, 5.74) is 0.254. The molecule has 0 saturated carbocycles. The first kappa shape index (κ1) is 16.8. The Morgan fingerprint density at radius 2 is 2.22 bits per heavy atom. The van der Waals surface area contributed by atoms with Crippen LogP contribution < -0.4 is 15.7 Å². The van der Waals surface area contributed by atoms with E-state index in [1.165, 1.54) is 18.2 Å². The Kier molecular flexibility index (Phi) is 5.61. The zero-order valence-corrected chi connectivity index (χ0v) is 12.4. The van der Waals surface area contributed by atoms with Gasteiger partial charge in [0.15, 0.2) is 0 Å². The van der Waals surface area contributed by atoms with Gasteiger partial charge in [0.2, 0.25) is 5.91 Å². The lowest BCUT2D eigenvalue weighted by Crippen LogP contribution is -2.53. The quantitative estimate of drug-likeness (QED) is 0.505. The van der Waals surface area contributed by atoms with Crippen molar-refractivity contribution in [1.29, 1.82) is 0 Å². The summed E-state index contributed by atoms with van der Waals surface area (Å²) in [6.07, 6.45) is -0.108. The van der Waals surface area contributed by atoms with Crippen molar-refractivity contribution in [1.82, 2.24) is 10.2 Å². The van der Waals surface area contributed by atoms with Gasteiger partial charge in [-0.3, -0.25) is 19.8 Å². The number of carboxylic acids is 1. The van der Waals surface area contributed by atoms with Crippen LogP contribution in [-0.2, 0) is 9.59 Å². The number of hydrogen-bond acceptors (Lipinski definition) is 7. The third-order valence-corrected chi connectivity index (χ3v) is 3.46. The Morgan fingerprint density at radius 3 is 2.91 bits per heavy atom. The lowest BCUT2D eigenvalue weighted by atomic mass is 10.1. The van der Waals surface area contributed by atoms with Gasteiger partial charge in [0, 0.05) is 55.9 Å². The minimum atomic E-state index is -1.13. The molecule has 1 heterocycles. The molecule has 9 nitrogen and oxygen atoms in total. The highest BCUT2D eigenvalue weighted by atomic mass is 16.6. The number of rotatable bonds is 6. The maximum atomic E-state index is 12.0. The molecule has 124 valence electrons. The van der Waals surface area contributed by atoms with Crippen molar-refractivity contribution in [2.45, 2.75) is 12.5 Å². The van der Waals surface area contributed by atoms with E-state index < -0.39 is 10.9 Å². The fourth-order valence-electron chi connectivity index (χ4n) is 2.48. The van der Waals surface area contributed by atoms with Crippen LogP contribution in [0.15, 0.2) is 24.3 Å². The summed E-state index contributed by atoms with van der Waals surface area (Å²) >= 11 is 0. The van der Waals surface area contributed by atoms with Crippen molar-refractivity contribution in [3.8, 4) is 0 Å². The summed E-state index contributed by atoms with van der Waals surface area (Å²) in [5.74, 6) is -1.44. The molecule has 1 aromatic carbocycles. The number of nitrogens with zero attached hydrogens (tertiary/aromatic N) is 2. The molecule has 1 aliphatic heterocycles. The van der Waals surface area contributed by atoms with Crippen molar-refractivity contribution in [2.75, 3.05) is 31.5 Å². The van der Waals surface area contributed by atoms with Gasteiger partial charge in [-0.1, -0.05) is 6.07 Å². The van der Waals surface area contributed by atoms with Crippen LogP contribution in [0.25, 0.3) is 0 Å². The van der Waals surface area contributed by atoms with Crippen LogP contribution in [0.5, 0.6) is 0 Å². The smallest absolute Gasteiger partial charge is 0.271 e. The third kappa shape index (κ3) is 5.31. The molecule has 1 amide bonds. The van der Waals surface area contributed by atoms with E-state index in [4.69, 9.17) is 0 Å². The van der Waals surface area contributed by atoms with Crippen molar-refractivity contribution in [3.05, 3.63) is 34.4 Å². The molecule has 2 N–H and O–H groups in total. The summed E-state index contributed by atoms with van der Waals surface area (Å²) in [7, 11) is 0. The molecule has 0 aromatic heterocycles. The molecule has 2 rings (SSSR count). The number of carbonyl (C=O) groups is 2. The molecule has 0 aliphatic carbocycles. The van der Waals surface area contributed by atoms with Crippen molar-refractivity contribution < 1.29 is 19.6 Å². The molecule has 0 radical (unpaired) electrons. The van der Waals surface area contributed by atoms with E-state index >= 15 is 0 Å². The second kappa shape index (κ2) is 7.65. The number of aliphatic carboxylic acids is 1. The molecule has 0 spiro atoms. The van der Waals surface area contributed by atoms with Gasteiger partial charge in [-0.15, -0.1) is 0 Å². The summed E-state index contributed by atoms with van der Waals surface area (Å²) in [6, 6.07) is 5.44. The predicted molar refractivity (Wildman–Crippen MR) is 79.6 cm³/mol. The normalized spacial score (nSPS) is 18.3. The maximum absolute atomic E-state index is 12.0. The number of carboxylic acid groups (broad SMARTS) is 1. The van der Waals surface area contributed by atoms with E-state index in [0.29, 0.717) is 25.3 Å². The molecular weight excluding hydrogens is 304 g/mol. The van der Waals surface area contributed by atoms with Crippen LogP contribution in [0.3, 0.4) is 0 Å². The highest BCUT2D eigenvalue weighted by Gasteiger charge is 2.21. The lowest BCUT2D eigenvalue weighted by molar-refractivity contribution is -0.384. The van der Waals surface area contributed by atoms with Crippen molar-refractivity contribution in [3.63, 3.8) is 0 Å².